The molecule has 0 radical (unpaired) electrons. The second-order valence-corrected chi connectivity index (χ2v) is 8.21. The molecular weight excluding hydrogens is 406 g/mol. The third-order valence-corrected chi connectivity index (χ3v) is 5.80. The Balaban J connectivity index is 1.49. The fraction of sp³-hybridized carbons (Fsp3) is 0.160. The van der Waals surface area contributed by atoms with Crippen molar-refractivity contribution in [1.82, 2.24) is 0 Å². The number of hydrogen-bond donors (Lipinski definition) is 1. The van der Waals surface area contributed by atoms with Crippen LogP contribution in [0.5, 0.6) is 5.75 Å². The molecule has 156 valence electrons. The minimum Gasteiger partial charge on any atom is -0.497 e. The van der Waals surface area contributed by atoms with Crippen molar-refractivity contribution >= 4 is 45.5 Å². The third kappa shape index (κ3) is 5.41. The van der Waals surface area contributed by atoms with Gasteiger partial charge in [-0.1, -0.05) is 42.0 Å². The Morgan fingerprint density at radius 3 is 2.32 bits per heavy atom. The van der Waals surface area contributed by atoms with Gasteiger partial charge in [-0.05, 0) is 48.9 Å². The lowest BCUT2D eigenvalue weighted by atomic mass is 10.1. The average molecular weight is 430 g/mol. The second-order valence-electron chi connectivity index (χ2n) is 7.16. The van der Waals surface area contributed by atoms with Gasteiger partial charge in [0, 0.05) is 12.1 Å². The Labute approximate surface area is 186 Å². The van der Waals surface area contributed by atoms with Crippen molar-refractivity contribution in [1.29, 1.82) is 0 Å². The molecule has 1 aliphatic heterocycles. The zero-order valence-electron chi connectivity index (χ0n) is 17.5. The van der Waals surface area contributed by atoms with Gasteiger partial charge in [0.2, 0.25) is 5.91 Å². The molecule has 0 atom stereocenters. The Kier molecular flexibility index (Phi) is 6.48. The Morgan fingerprint density at radius 1 is 0.968 bits per heavy atom. The number of nitrogens with zero attached hydrogens (tertiary/aromatic N) is 2. The van der Waals surface area contributed by atoms with E-state index in [1.54, 1.807) is 7.11 Å². The summed E-state index contributed by atoms with van der Waals surface area (Å²) in [6.45, 7) is 2.07. The van der Waals surface area contributed by atoms with Crippen molar-refractivity contribution in [3.8, 4) is 5.75 Å². The lowest BCUT2D eigenvalue weighted by molar-refractivity contribution is -0.113. The number of para-hydroxylation sites is 2. The van der Waals surface area contributed by atoms with E-state index < -0.39 is 0 Å². The topological polar surface area (TPSA) is 63.0 Å². The maximum Gasteiger partial charge on any atom is 0.234 e. The van der Waals surface area contributed by atoms with Crippen LogP contribution in [0.4, 0.5) is 17.1 Å². The first-order valence-corrected chi connectivity index (χ1v) is 11.0. The number of aliphatic imine (C=N–C) groups is 2. The van der Waals surface area contributed by atoms with Gasteiger partial charge in [-0.2, -0.15) is 0 Å². The van der Waals surface area contributed by atoms with Crippen molar-refractivity contribution in [2.24, 2.45) is 9.98 Å². The van der Waals surface area contributed by atoms with Crippen molar-refractivity contribution in [2.45, 2.75) is 13.3 Å². The lowest BCUT2D eigenvalue weighted by Crippen LogP contribution is -2.16. The van der Waals surface area contributed by atoms with E-state index in [0.717, 1.165) is 39.1 Å². The summed E-state index contributed by atoms with van der Waals surface area (Å²) in [5.74, 6) is 0.944. The van der Waals surface area contributed by atoms with Crippen molar-refractivity contribution in [2.75, 3.05) is 18.2 Å². The molecule has 0 aliphatic carbocycles. The summed E-state index contributed by atoms with van der Waals surface area (Å²) in [6, 6.07) is 23.5. The number of nitrogens with one attached hydrogen (secondary N) is 1. The van der Waals surface area contributed by atoms with E-state index in [4.69, 9.17) is 14.7 Å². The van der Waals surface area contributed by atoms with Gasteiger partial charge in [0.25, 0.3) is 0 Å². The van der Waals surface area contributed by atoms with E-state index in [1.165, 1.54) is 17.3 Å². The quantitative estimate of drug-likeness (QED) is 0.547. The Hall–Kier alpha value is -3.38. The third-order valence-electron chi connectivity index (χ3n) is 4.83. The summed E-state index contributed by atoms with van der Waals surface area (Å²) in [6.07, 6.45) is 0.582. The molecule has 1 heterocycles. The van der Waals surface area contributed by atoms with E-state index >= 15 is 0 Å². The van der Waals surface area contributed by atoms with Gasteiger partial charge >= 0.3 is 0 Å². The van der Waals surface area contributed by atoms with Crippen molar-refractivity contribution in [3.63, 3.8) is 0 Å². The number of carbonyl (C=O) groups excluding carboxylic acids is 1. The maximum atomic E-state index is 12.5. The molecule has 0 saturated carbocycles. The van der Waals surface area contributed by atoms with Gasteiger partial charge in [-0.3, -0.25) is 9.79 Å². The van der Waals surface area contributed by atoms with Gasteiger partial charge in [0.05, 0.1) is 35.0 Å². The molecule has 5 nitrogen and oxygen atoms in total. The minimum atomic E-state index is -0.0794. The molecule has 4 rings (SSSR count). The average Bonchev–Trinajstić information content (AvgIpc) is 2.98. The second kappa shape index (κ2) is 9.62. The molecule has 3 aromatic rings. The van der Waals surface area contributed by atoms with Gasteiger partial charge < -0.3 is 10.1 Å². The number of fused-ring (bicyclic) bond motifs is 1. The van der Waals surface area contributed by atoms with Gasteiger partial charge in [0.1, 0.15) is 5.75 Å². The zero-order chi connectivity index (χ0) is 21.6. The number of aryl methyl sites for hydroxylation is 1. The normalized spacial score (nSPS) is 12.8. The molecular formula is C25H23N3O2S. The Morgan fingerprint density at radius 2 is 1.65 bits per heavy atom. The van der Waals surface area contributed by atoms with E-state index in [-0.39, 0.29) is 11.7 Å². The first-order valence-electron chi connectivity index (χ1n) is 9.98. The summed E-state index contributed by atoms with van der Waals surface area (Å²) in [4.78, 5) is 22.2. The smallest absolute Gasteiger partial charge is 0.234 e. The number of thioether (sulfide) groups is 1. The van der Waals surface area contributed by atoms with Crippen molar-refractivity contribution in [3.05, 3.63) is 83.9 Å². The van der Waals surface area contributed by atoms with Crippen LogP contribution in [0.3, 0.4) is 0 Å². The number of carbonyl (C=O) groups is 1. The zero-order valence-corrected chi connectivity index (χ0v) is 18.3. The number of ether oxygens (including phenoxy) is 1. The summed E-state index contributed by atoms with van der Waals surface area (Å²) >= 11 is 1.44. The highest BCUT2D eigenvalue weighted by atomic mass is 32.2. The van der Waals surface area contributed by atoms with Crippen LogP contribution in [0.25, 0.3) is 0 Å². The van der Waals surface area contributed by atoms with Crippen LogP contribution in [-0.2, 0) is 4.79 Å². The van der Waals surface area contributed by atoms with Crippen LogP contribution in [0.15, 0.2) is 82.8 Å². The molecule has 0 spiro atoms. The number of methoxy groups -OCH3 is 1. The molecule has 0 aromatic heterocycles. The molecule has 0 fully saturated rings. The fourth-order valence-corrected chi connectivity index (χ4v) is 3.94. The van der Waals surface area contributed by atoms with Crippen LogP contribution in [-0.4, -0.2) is 29.5 Å². The molecule has 6 heteroatoms. The first kappa shape index (κ1) is 20.9. The molecule has 3 aromatic carbocycles. The summed E-state index contributed by atoms with van der Waals surface area (Å²) in [7, 11) is 1.62. The highest BCUT2D eigenvalue weighted by Gasteiger charge is 2.16. The summed E-state index contributed by atoms with van der Waals surface area (Å²) < 4.78 is 5.15. The predicted molar refractivity (Wildman–Crippen MR) is 130 cm³/mol. The van der Waals surface area contributed by atoms with Crippen molar-refractivity contribution < 1.29 is 9.53 Å². The van der Waals surface area contributed by atoms with Gasteiger partial charge in [0.15, 0.2) is 0 Å². The minimum absolute atomic E-state index is 0.0794. The van der Waals surface area contributed by atoms with E-state index in [0.29, 0.717) is 6.42 Å². The monoisotopic (exact) mass is 429 g/mol. The predicted octanol–water partition coefficient (Wildman–Crippen LogP) is 5.93. The fourth-order valence-electron chi connectivity index (χ4n) is 3.17. The SMILES string of the molecule is COc1ccc(NC(=O)CSC2=Nc3ccccc3N=C(c3ccc(C)cc3)C2)cc1. The van der Waals surface area contributed by atoms with E-state index in [1.807, 2.05) is 48.5 Å². The standard InChI is InChI=1S/C25H23N3O2S/c1-17-7-9-18(10-8-17)23-15-25(28-22-6-4-3-5-21(22)27-23)31-16-24(29)26-19-11-13-20(30-2)14-12-19/h3-14H,15-16H2,1-2H3,(H,26,29). The number of anilines is 1. The van der Waals surface area contributed by atoms with Gasteiger partial charge in [-0.25, -0.2) is 4.99 Å². The van der Waals surface area contributed by atoms with Crippen LogP contribution in [0, 0.1) is 6.92 Å². The molecule has 1 amide bonds. The molecule has 0 bridgehead atoms. The summed E-state index contributed by atoms with van der Waals surface area (Å²) in [5.41, 5.74) is 5.63. The largest absolute Gasteiger partial charge is 0.497 e. The van der Waals surface area contributed by atoms with Crippen LogP contribution in [0.1, 0.15) is 17.5 Å². The van der Waals surface area contributed by atoms with E-state index in [9.17, 15) is 4.79 Å². The molecule has 1 N–H and O–H groups in total. The molecule has 0 unspecified atom stereocenters. The summed E-state index contributed by atoms with van der Waals surface area (Å²) in [5, 5.41) is 3.79. The molecule has 1 aliphatic rings. The number of amides is 1. The molecule has 31 heavy (non-hydrogen) atoms. The maximum absolute atomic E-state index is 12.5. The van der Waals surface area contributed by atoms with E-state index in [2.05, 4.69) is 36.5 Å². The highest BCUT2D eigenvalue weighted by Crippen LogP contribution is 2.33. The van der Waals surface area contributed by atoms with Crippen LogP contribution in [0.2, 0.25) is 0 Å². The number of rotatable bonds is 5. The molecule has 0 saturated heterocycles. The first-order chi connectivity index (χ1) is 15.1. The van der Waals surface area contributed by atoms with Gasteiger partial charge in [-0.15, -0.1) is 11.8 Å². The Bertz CT molecular complexity index is 1140. The van der Waals surface area contributed by atoms with Crippen LogP contribution >= 0.6 is 11.8 Å². The number of benzene rings is 3. The highest BCUT2D eigenvalue weighted by molar-refractivity contribution is 8.14. The number of hydrogen-bond acceptors (Lipinski definition) is 5. The van der Waals surface area contributed by atoms with Crippen LogP contribution < -0.4 is 10.1 Å². The lowest BCUT2D eigenvalue weighted by Gasteiger charge is -2.09.